The fourth-order valence-electron chi connectivity index (χ4n) is 0. The second kappa shape index (κ2) is 45.3. The summed E-state index contributed by atoms with van der Waals surface area (Å²) in [5.74, 6) is 0. The summed E-state index contributed by atoms with van der Waals surface area (Å²) in [5.41, 5.74) is 0. The van der Waals surface area contributed by atoms with Crippen LogP contribution in [0.2, 0.25) is 0 Å². The van der Waals surface area contributed by atoms with Crippen molar-refractivity contribution in [3.8, 4) is 0 Å². The molecule has 0 heterocycles. The molecular formula is CH4AlCuOZn. The Hall–Kier alpha value is 1.64. The van der Waals surface area contributed by atoms with Crippen LogP contribution in [-0.2, 0) is 36.5 Å². The van der Waals surface area contributed by atoms with Gasteiger partial charge in [-0.2, -0.15) is 0 Å². The number of hydrogen-bond donors (Lipinski definition) is 1. The molecule has 0 aromatic carbocycles. The van der Waals surface area contributed by atoms with Gasteiger partial charge in [-0.1, -0.05) is 0 Å². The summed E-state index contributed by atoms with van der Waals surface area (Å²) < 4.78 is 0. The molecule has 0 rings (SSSR count). The van der Waals surface area contributed by atoms with E-state index in [1.807, 2.05) is 0 Å². The van der Waals surface area contributed by atoms with Crippen molar-refractivity contribution in [3.63, 3.8) is 0 Å². The van der Waals surface area contributed by atoms with Crippen LogP contribution in [0.5, 0.6) is 0 Å². The second-order valence-corrected chi connectivity index (χ2v) is 0. The van der Waals surface area contributed by atoms with Gasteiger partial charge in [-0.15, -0.1) is 0 Å². The summed E-state index contributed by atoms with van der Waals surface area (Å²) in [7, 11) is 1.00. The van der Waals surface area contributed by atoms with Gasteiger partial charge in [0.2, 0.25) is 0 Å². The smallest absolute Gasteiger partial charge is 0.0319 e. The number of aliphatic hydroxyl groups excluding tert-OH is 1. The van der Waals surface area contributed by atoms with Crippen LogP contribution in [0, 0.1) is 0 Å². The summed E-state index contributed by atoms with van der Waals surface area (Å²) in [4.78, 5) is 0. The molecule has 5 heavy (non-hydrogen) atoms. The molecule has 0 saturated carbocycles. The zero-order chi connectivity index (χ0) is 2.00. The minimum absolute atomic E-state index is 0. The third-order valence-corrected chi connectivity index (χ3v) is 0. The molecule has 0 spiro atoms. The average Bonchev–Trinajstić information content (AvgIpc) is 1.00. The zero-order valence-electron chi connectivity index (χ0n) is 3.03. The molecule has 0 bridgehead atoms. The van der Waals surface area contributed by atoms with Crippen LogP contribution in [0.15, 0.2) is 0 Å². The number of hydrogen-bond acceptors (Lipinski definition) is 1. The minimum Gasteiger partial charge on any atom is -0.400 e. The van der Waals surface area contributed by atoms with Crippen molar-refractivity contribution in [1.29, 1.82) is 0 Å². The van der Waals surface area contributed by atoms with Crippen molar-refractivity contribution in [2.45, 2.75) is 0 Å². The van der Waals surface area contributed by atoms with Gasteiger partial charge in [0.15, 0.2) is 0 Å². The molecule has 4 heteroatoms. The van der Waals surface area contributed by atoms with Crippen molar-refractivity contribution in [2.75, 3.05) is 7.11 Å². The van der Waals surface area contributed by atoms with Crippen LogP contribution in [0.25, 0.3) is 0 Å². The fourth-order valence-corrected chi connectivity index (χ4v) is 0. The van der Waals surface area contributed by atoms with Gasteiger partial charge in [0, 0.05) is 61.0 Å². The van der Waals surface area contributed by atoms with E-state index in [9.17, 15) is 0 Å². The van der Waals surface area contributed by atoms with Gasteiger partial charge in [-0.05, 0) is 0 Å². The Morgan fingerprint density at radius 3 is 1.20 bits per heavy atom. The largest absolute Gasteiger partial charge is 0.400 e. The summed E-state index contributed by atoms with van der Waals surface area (Å²) >= 11 is 0. The summed E-state index contributed by atoms with van der Waals surface area (Å²) in [6.45, 7) is 0. The Kier molecular flexibility index (Phi) is 275. The van der Waals surface area contributed by atoms with E-state index >= 15 is 0 Å². The maximum atomic E-state index is 7.00. The molecule has 0 aliphatic heterocycles. The van der Waals surface area contributed by atoms with E-state index in [-0.39, 0.29) is 53.9 Å². The Morgan fingerprint density at radius 1 is 1.20 bits per heavy atom. The van der Waals surface area contributed by atoms with Gasteiger partial charge in [-0.3, -0.25) is 0 Å². The fraction of sp³-hybridized carbons (Fsp3) is 1.00. The van der Waals surface area contributed by atoms with Gasteiger partial charge in [-0.25, -0.2) is 0 Å². The molecular weight excluding hydrogens is 184 g/mol. The van der Waals surface area contributed by atoms with Gasteiger partial charge in [0.25, 0.3) is 0 Å². The third-order valence-electron chi connectivity index (χ3n) is 0. The SMILES string of the molecule is CO.[Al].[Cu].[Zn]. The topological polar surface area (TPSA) is 20.2 Å². The first-order valence-electron chi connectivity index (χ1n) is 0.447. The first kappa shape index (κ1) is 30.3. The van der Waals surface area contributed by atoms with Crippen molar-refractivity contribution in [3.05, 3.63) is 0 Å². The minimum atomic E-state index is 0. The third kappa shape index (κ3) is 27.8. The van der Waals surface area contributed by atoms with Crippen LogP contribution < -0.4 is 0 Å². The molecule has 0 saturated heterocycles. The first-order valence-corrected chi connectivity index (χ1v) is 0.447. The number of rotatable bonds is 0. The zero-order valence-corrected chi connectivity index (χ0v) is 8.10. The van der Waals surface area contributed by atoms with Crippen LogP contribution in [0.4, 0.5) is 0 Å². The molecule has 0 fully saturated rings. The molecule has 4 radical (unpaired) electrons. The molecule has 0 aliphatic rings. The van der Waals surface area contributed by atoms with Crippen molar-refractivity contribution < 1.29 is 41.7 Å². The van der Waals surface area contributed by atoms with E-state index in [1.54, 1.807) is 0 Å². The van der Waals surface area contributed by atoms with Crippen LogP contribution in [0.1, 0.15) is 0 Å². The molecule has 0 aromatic heterocycles. The molecule has 0 amide bonds. The quantitative estimate of drug-likeness (QED) is 0.494. The van der Waals surface area contributed by atoms with E-state index in [0.717, 1.165) is 7.11 Å². The second-order valence-electron chi connectivity index (χ2n) is 0. The van der Waals surface area contributed by atoms with Gasteiger partial charge < -0.3 is 5.11 Å². The molecule has 30 valence electrons. The van der Waals surface area contributed by atoms with E-state index in [1.165, 1.54) is 0 Å². The van der Waals surface area contributed by atoms with E-state index in [2.05, 4.69) is 0 Å². The van der Waals surface area contributed by atoms with Gasteiger partial charge in [0.1, 0.15) is 0 Å². The molecule has 0 aromatic rings. The molecule has 1 nitrogen and oxygen atoms in total. The first-order chi connectivity index (χ1) is 1.00. The summed E-state index contributed by atoms with van der Waals surface area (Å²) in [6.07, 6.45) is 0. The van der Waals surface area contributed by atoms with Gasteiger partial charge in [0.05, 0.1) is 0 Å². The Morgan fingerprint density at radius 2 is 1.20 bits per heavy atom. The molecule has 1 N–H and O–H groups in total. The summed E-state index contributed by atoms with van der Waals surface area (Å²) in [5, 5.41) is 7.00. The van der Waals surface area contributed by atoms with E-state index in [4.69, 9.17) is 5.11 Å². The van der Waals surface area contributed by atoms with Crippen molar-refractivity contribution in [2.24, 2.45) is 0 Å². The molecule has 0 aliphatic carbocycles. The van der Waals surface area contributed by atoms with Crippen LogP contribution >= 0.6 is 0 Å². The predicted octanol–water partition coefficient (Wildman–Crippen LogP) is -0.777. The van der Waals surface area contributed by atoms with Gasteiger partial charge >= 0.3 is 0 Å². The predicted molar refractivity (Wildman–Crippen MR) is 13.9 cm³/mol. The normalized spacial score (nSPS) is 1.20. The van der Waals surface area contributed by atoms with Crippen LogP contribution in [0.3, 0.4) is 0 Å². The van der Waals surface area contributed by atoms with Crippen LogP contribution in [-0.4, -0.2) is 29.6 Å². The molecule has 0 atom stereocenters. The Balaban J connectivity index is -0.00000000167. The maximum Gasteiger partial charge on any atom is 0.0319 e. The van der Waals surface area contributed by atoms with Crippen molar-refractivity contribution >= 4 is 17.4 Å². The standard InChI is InChI=1S/CH4O.Al.Cu.Zn/c1-2;;;/h2H,1H3;;;. The van der Waals surface area contributed by atoms with Crippen molar-refractivity contribution in [1.82, 2.24) is 0 Å². The van der Waals surface area contributed by atoms with E-state index in [0.29, 0.717) is 0 Å². The number of aliphatic hydroxyl groups is 1. The molecule has 0 unspecified atom stereocenters. The summed E-state index contributed by atoms with van der Waals surface area (Å²) in [6, 6.07) is 0. The van der Waals surface area contributed by atoms with E-state index < -0.39 is 0 Å². The Bertz CT molecular complexity index is 11.6. The average molecular weight is 188 g/mol. The Labute approximate surface area is 65.9 Å². The maximum absolute atomic E-state index is 7.00. The monoisotopic (exact) mass is 186 g/mol.